The van der Waals surface area contributed by atoms with Crippen molar-refractivity contribution in [3.8, 4) is 10.6 Å². The molecule has 0 atom stereocenters. The molecule has 2 aromatic heterocycles. The van der Waals surface area contributed by atoms with Gasteiger partial charge in [0.05, 0.1) is 0 Å². The number of halogens is 1. The third kappa shape index (κ3) is 4.76. The SMILES string of the molecule is Cc1nnc(-c2ccc3cnc(NC(=O)C4CCC(NCCF)CC4)cc3c2)s1. The van der Waals surface area contributed by atoms with Gasteiger partial charge in [0.15, 0.2) is 0 Å². The number of aryl methyl sites for hydroxylation is 1. The van der Waals surface area contributed by atoms with E-state index in [2.05, 4.69) is 25.8 Å². The lowest BCUT2D eigenvalue weighted by Gasteiger charge is -2.28. The van der Waals surface area contributed by atoms with Crippen LogP contribution in [0.2, 0.25) is 0 Å². The summed E-state index contributed by atoms with van der Waals surface area (Å²) >= 11 is 1.55. The topological polar surface area (TPSA) is 79.8 Å². The van der Waals surface area contributed by atoms with Gasteiger partial charge in [-0.15, -0.1) is 10.2 Å². The number of pyridine rings is 1. The molecule has 8 heteroatoms. The van der Waals surface area contributed by atoms with Crippen LogP contribution in [0.4, 0.5) is 10.2 Å². The fourth-order valence-electron chi connectivity index (χ4n) is 3.80. The molecule has 1 fully saturated rings. The predicted molar refractivity (Wildman–Crippen MR) is 114 cm³/mol. The third-order valence-corrected chi connectivity index (χ3v) is 6.26. The zero-order chi connectivity index (χ0) is 20.2. The lowest BCUT2D eigenvalue weighted by Crippen LogP contribution is -2.37. The quantitative estimate of drug-likeness (QED) is 0.636. The smallest absolute Gasteiger partial charge is 0.228 e. The first kappa shape index (κ1) is 19.8. The first-order valence-electron chi connectivity index (χ1n) is 9.93. The number of carbonyl (C=O) groups excluding carboxylic acids is 1. The highest BCUT2D eigenvalue weighted by Gasteiger charge is 2.26. The molecule has 0 saturated heterocycles. The van der Waals surface area contributed by atoms with E-state index in [0.717, 1.165) is 52.0 Å². The largest absolute Gasteiger partial charge is 0.311 e. The molecule has 0 bridgehead atoms. The number of benzene rings is 1. The van der Waals surface area contributed by atoms with Gasteiger partial charge in [-0.3, -0.25) is 4.79 Å². The maximum atomic E-state index is 12.7. The Bertz CT molecular complexity index is 1000. The van der Waals surface area contributed by atoms with Crippen LogP contribution in [0.25, 0.3) is 21.3 Å². The zero-order valence-corrected chi connectivity index (χ0v) is 17.1. The Morgan fingerprint density at radius 3 is 2.72 bits per heavy atom. The lowest BCUT2D eigenvalue weighted by atomic mass is 9.85. The fourth-order valence-corrected chi connectivity index (χ4v) is 4.49. The van der Waals surface area contributed by atoms with Crippen molar-refractivity contribution in [2.75, 3.05) is 18.5 Å². The molecular weight excluding hydrogens is 389 g/mol. The van der Waals surface area contributed by atoms with Gasteiger partial charge in [0.1, 0.15) is 22.5 Å². The van der Waals surface area contributed by atoms with Gasteiger partial charge < -0.3 is 10.6 Å². The molecule has 29 heavy (non-hydrogen) atoms. The van der Waals surface area contributed by atoms with Crippen LogP contribution in [0.5, 0.6) is 0 Å². The molecular formula is C21H24FN5OS. The number of aromatic nitrogens is 3. The van der Waals surface area contributed by atoms with Gasteiger partial charge in [-0.25, -0.2) is 9.37 Å². The summed E-state index contributed by atoms with van der Waals surface area (Å²) < 4.78 is 12.3. The Balaban J connectivity index is 1.43. The van der Waals surface area contributed by atoms with Crippen LogP contribution in [0.3, 0.4) is 0 Å². The molecule has 0 spiro atoms. The number of carbonyl (C=O) groups is 1. The highest BCUT2D eigenvalue weighted by atomic mass is 32.1. The number of anilines is 1. The van der Waals surface area contributed by atoms with Crippen molar-refractivity contribution in [2.45, 2.75) is 38.6 Å². The van der Waals surface area contributed by atoms with Gasteiger partial charge in [0.25, 0.3) is 0 Å². The summed E-state index contributed by atoms with van der Waals surface area (Å²) in [6, 6.07) is 8.28. The van der Waals surface area contributed by atoms with Crippen molar-refractivity contribution in [2.24, 2.45) is 5.92 Å². The Kier molecular flexibility index (Phi) is 6.10. The van der Waals surface area contributed by atoms with Crippen molar-refractivity contribution in [3.63, 3.8) is 0 Å². The monoisotopic (exact) mass is 413 g/mol. The van der Waals surface area contributed by atoms with E-state index in [1.165, 1.54) is 0 Å². The fraction of sp³-hybridized carbons (Fsp3) is 0.429. The summed E-state index contributed by atoms with van der Waals surface area (Å²) in [6.45, 7) is 1.97. The normalized spacial score (nSPS) is 19.4. The number of hydrogen-bond acceptors (Lipinski definition) is 6. The molecule has 1 amide bonds. The van der Waals surface area contributed by atoms with E-state index in [0.29, 0.717) is 18.4 Å². The number of hydrogen-bond donors (Lipinski definition) is 2. The van der Waals surface area contributed by atoms with E-state index in [1.807, 2.05) is 31.2 Å². The molecule has 152 valence electrons. The summed E-state index contributed by atoms with van der Waals surface area (Å²) in [5.41, 5.74) is 1.01. The van der Waals surface area contributed by atoms with Crippen molar-refractivity contribution >= 4 is 33.8 Å². The molecule has 6 nitrogen and oxygen atoms in total. The van der Waals surface area contributed by atoms with E-state index >= 15 is 0 Å². The van der Waals surface area contributed by atoms with Gasteiger partial charge >= 0.3 is 0 Å². The number of nitrogens with zero attached hydrogens (tertiary/aromatic N) is 3. The minimum Gasteiger partial charge on any atom is -0.311 e. The highest BCUT2D eigenvalue weighted by molar-refractivity contribution is 7.14. The first-order valence-corrected chi connectivity index (χ1v) is 10.7. The van der Waals surface area contributed by atoms with Crippen molar-refractivity contribution in [3.05, 3.63) is 35.5 Å². The van der Waals surface area contributed by atoms with Crippen LogP contribution in [-0.4, -0.2) is 40.3 Å². The number of rotatable bonds is 6. The molecule has 2 heterocycles. The summed E-state index contributed by atoms with van der Waals surface area (Å²) in [5.74, 6) is 0.550. The van der Waals surface area contributed by atoms with Crippen LogP contribution in [0.15, 0.2) is 30.5 Å². The first-order chi connectivity index (χ1) is 14.1. The highest BCUT2D eigenvalue weighted by Crippen LogP contribution is 2.29. The van der Waals surface area contributed by atoms with Crippen LogP contribution in [0, 0.1) is 12.8 Å². The molecule has 4 rings (SSSR count). The van der Waals surface area contributed by atoms with Gasteiger partial charge in [0, 0.05) is 35.7 Å². The van der Waals surface area contributed by atoms with Gasteiger partial charge in [-0.2, -0.15) is 0 Å². The van der Waals surface area contributed by atoms with E-state index < -0.39 is 0 Å². The van der Waals surface area contributed by atoms with E-state index in [-0.39, 0.29) is 18.5 Å². The third-order valence-electron chi connectivity index (χ3n) is 5.37. The van der Waals surface area contributed by atoms with Gasteiger partial charge in [-0.1, -0.05) is 23.5 Å². The average Bonchev–Trinajstić information content (AvgIpc) is 3.18. The number of fused-ring (bicyclic) bond motifs is 1. The molecule has 3 aromatic rings. The summed E-state index contributed by atoms with van der Waals surface area (Å²) in [5, 5.41) is 18.3. The van der Waals surface area contributed by atoms with Crippen molar-refractivity contribution in [1.82, 2.24) is 20.5 Å². The van der Waals surface area contributed by atoms with Gasteiger partial charge in [0.2, 0.25) is 5.91 Å². The maximum Gasteiger partial charge on any atom is 0.228 e. The van der Waals surface area contributed by atoms with Crippen LogP contribution in [0.1, 0.15) is 30.7 Å². The molecule has 0 aliphatic heterocycles. The molecule has 1 saturated carbocycles. The molecule has 0 unspecified atom stereocenters. The number of alkyl halides is 1. The molecule has 0 radical (unpaired) electrons. The predicted octanol–water partition coefficient (Wildman–Crippen LogP) is 4.12. The second kappa shape index (κ2) is 8.92. The molecule has 1 aliphatic rings. The average molecular weight is 414 g/mol. The second-order valence-electron chi connectivity index (χ2n) is 7.44. The standard InChI is InChI=1S/C21H24FN5OS/c1-13-26-27-21(29-13)15-2-3-16-12-24-19(11-17(16)10-15)25-20(28)14-4-6-18(7-5-14)23-9-8-22/h2-3,10-12,14,18,23H,4-9H2,1H3,(H,24,25,28). The summed E-state index contributed by atoms with van der Waals surface area (Å²) in [4.78, 5) is 17.1. The number of nitrogens with one attached hydrogen (secondary N) is 2. The Morgan fingerprint density at radius 2 is 2.00 bits per heavy atom. The van der Waals surface area contributed by atoms with Gasteiger partial charge in [-0.05, 0) is 50.1 Å². The van der Waals surface area contributed by atoms with Crippen LogP contribution < -0.4 is 10.6 Å². The lowest BCUT2D eigenvalue weighted by molar-refractivity contribution is -0.120. The Labute approximate surface area is 173 Å². The maximum absolute atomic E-state index is 12.7. The minimum absolute atomic E-state index is 0.0108. The van der Waals surface area contributed by atoms with E-state index in [1.54, 1.807) is 17.5 Å². The van der Waals surface area contributed by atoms with E-state index in [4.69, 9.17) is 0 Å². The zero-order valence-electron chi connectivity index (χ0n) is 16.3. The second-order valence-corrected chi connectivity index (χ2v) is 8.62. The number of amides is 1. The summed E-state index contributed by atoms with van der Waals surface area (Å²) in [7, 11) is 0. The molecule has 1 aromatic carbocycles. The van der Waals surface area contributed by atoms with E-state index in [9.17, 15) is 9.18 Å². The Hall–Kier alpha value is -2.45. The molecule has 2 N–H and O–H groups in total. The molecule has 1 aliphatic carbocycles. The Morgan fingerprint density at radius 1 is 1.17 bits per heavy atom. The van der Waals surface area contributed by atoms with Crippen molar-refractivity contribution < 1.29 is 9.18 Å². The summed E-state index contributed by atoms with van der Waals surface area (Å²) in [6.07, 6.45) is 5.19. The van der Waals surface area contributed by atoms with Crippen molar-refractivity contribution in [1.29, 1.82) is 0 Å². The van der Waals surface area contributed by atoms with Crippen LogP contribution >= 0.6 is 11.3 Å². The minimum atomic E-state index is -0.353. The van der Waals surface area contributed by atoms with Crippen LogP contribution in [-0.2, 0) is 4.79 Å².